The summed E-state index contributed by atoms with van der Waals surface area (Å²) in [5.74, 6) is -5.10. The van der Waals surface area contributed by atoms with E-state index in [0.29, 0.717) is 0 Å². The standard InChI is InChI=1S/C4H4N6O7/c11-6-7-2-1-5-3(7)4(8(12)13,9(14)15)10(16)17/h1-2H2. The second-order valence-corrected chi connectivity index (χ2v) is 2.82. The molecule has 13 heteroatoms. The fraction of sp³-hybridized carbons (Fsp3) is 0.750. The van der Waals surface area contributed by atoms with Crippen LogP contribution in [0, 0.1) is 35.3 Å². The van der Waals surface area contributed by atoms with E-state index in [2.05, 4.69) is 10.3 Å². The highest BCUT2D eigenvalue weighted by Crippen LogP contribution is 2.21. The van der Waals surface area contributed by atoms with Gasteiger partial charge in [-0.15, -0.1) is 4.91 Å². The summed E-state index contributed by atoms with van der Waals surface area (Å²) in [6, 6.07) is 0. The first-order chi connectivity index (χ1) is 7.88. The van der Waals surface area contributed by atoms with Crippen LogP contribution in [0.3, 0.4) is 0 Å². The number of nitroso groups, excluding NO2 is 1. The van der Waals surface area contributed by atoms with Crippen molar-refractivity contribution in [1.82, 2.24) is 5.01 Å². The van der Waals surface area contributed by atoms with Gasteiger partial charge in [0.25, 0.3) is 0 Å². The summed E-state index contributed by atoms with van der Waals surface area (Å²) in [5, 5.41) is 34.3. The fourth-order valence-corrected chi connectivity index (χ4v) is 1.24. The number of aliphatic imine (C=N–C) groups is 1. The van der Waals surface area contributed by atoms with Crippen LogP contribution in [0.25, 0.3) is 0 Å². The first-order valence-corrected chi connectivity index (χ1v) is 3.98. The molecule has 0 amide bonds. The molecule has 0 spiro atoms. The second-order valence-electron chi connectivity index (χ2n) is 2.82. The van der Waals surface area contributed by atoms with E-state index < -0.39 is 26.4 Å². The molecule has 0 aromatic heterocycles. The molecule has 0 saturated carbocycles. The van der Waals surface area contributed by atoms with Crippen molar-refractivity contribution in [3.63, 3.8) is 0 Å². The van der Waals surface area contributed by atoms with E-state index >= 15 is 0 Å². The second kappa shape index (κ2) is 4.03. The Bertz CT molecular complexity index is 394. The number of hydrogen-bond donors (Lipinski definition) is 0. The minimum absolute atomic E-state index is 0.224. The van der Waals surface area contributed by atoms with Gasteiger partial charge in [-0.1, -0.05) is 0 Å². The van der Waals surface area contributed by atoms with Gasteiger partial charge in [0.1, 0.15) is 0 Å². The first-order valence-electron chi connectivity index (χ1n) is 3.98. The monoisotopic (exact) mass is 248 g/mol. The van der Waals surface area contributed by atoms with Gasteiger partial charge in [-0.2, -0.15) is 5.01 Å². The topological polar surface area (TPSA) is 174 Å². The molecule has 0 N–H and O–H groups in total. The Balaban J connectivity index is 3.43. The minimum Gasteiger partial charge on any atom is -0.252 e. The molecule has 0 aliphatic carbocycles. The molecule has 92 valence electrons. The molecule has 0 fully saturated rings. The Morgan fingerprint density at radius 2 is 1.65 bits per heavy atom. The summed E-state index contributed by atoms with van der Waals surface area (Å²) in [5.41, 5.74) is 0. The van der Waals surface area contributed by atoms with Crippen molar-refractivity contribution >= 4 is 5.84 Å². The smallest absolute Gasteiger partial charge is 0.252 e. The van der Waals surface area contributed by atoms with Gasteiger partial charge in [0, 0.05) is 0 Å². The maximum Gasteiger partial charge on any atom is 0.762 e. The Morgan fingerprint density at radius 1 is 1.18 bits per heavy atom. The van der Waals surface area contributed by atoms with Gasteiger partial charge < -0.3 is 0 Å². The van der Waals surface area contributed by atoms with E-state index in [1.54, 1.807) is 0 Å². The normalized spacial score (nSPS) is 15.3. The van der Waals surface area contributed by atoms with Gasteiger partial charge in [-0.05, 0) is 0 Å². The number of amidine groups is 1. The molecular formula is C4H4N6O7. The Hall–Kier alpha value is -2.73. The number of nitrogens with zero attached hydrogens (tertiary/aromatic N) is 6. The van der Waals surface area contributed by atoms with Gasteiger partial charge in [-0.25, -0.2) is 4.99 Å². The van der Waals surface area contributed by atoms with E-state index in [0.717, 1.165) is 0 Å². The van der Waals surface area contributed by atoms with Crippen LogP contribution in [0.4, 0.5) is 0 Å². The molecule has 0 aromatic rings. The zero-order valence-electron chi connectivity index (χ0n) is 7.96. The molecule has 13 nitrogen and oxygen atoms in total. The average molecular weight is 248 g/mol. The lowest BCUT2D eigenvalue weighted by Gasteiger charge is -2.11. The van der Waals surface area contributed by atoms with E-state index in [9.17, 15) is 35.3 Å². The molecule has 1 aliphatic rings. The maximum atomic E-state index is 10.6. The molecule has 0 aromatic carbocycles. The van der Waals surface area contributed by atoms with E-state index in [-0.39, 0.29) is 18.1 Å². The first kappa shape index (κ1) is 12.3. The number of hydrogen-bond acceptors (Lipinski definition) is 9. The van der Waals surface area contributed by atoms with Crippen molar-refractivity contribution in [2.45, 2.75) is 5.79 Å². The van der Waals surface area contributed by atoms with Crippen LogP contribution in [-0.2, 0) is 0 Å². The van der Waals surface area contributed by atoms with Crippen LogP contribution < -0.4 is 0 Å². The van der Waals surface area contributed by atoms with Crippen molar-refractivity contribution in [3.05, 3.63) is 35.3 Å². The highest BCUT2D eigenvalue weighted by Gasteiger charge is 2.78. The summed E-state index contributed by atoms with van der Waals surface area (Å²) >= 11 is 0. The van der Waals surface area contributed by atoms with E-state index in [4.69, 9.17) is 0 Å². The molecule has 17 heavy (non-hydrogen) atoms. The fourth-order valence-electron chi connectivity index (χ4n) is 1.24. The summed E-state index contributed by atoms with van der Waals surface area (Å²) in [6.45, 7) is -0.506. The van der Waals surface area contributed by atoms with Crippen molar-refractivity contribution in [2.24, 2.45) is 10.3 Å². The summed E-state index contributed by atoms with van der Waals surface area (Å²) in [7, 11) is 0. The largest absolute Gasteiger partial charge is 0.762 e. The predicted molar refractivity (Wildman–Crippen MR) is 48.5 cm³/mol. The SMILES string of the molecule is O=NN1CCN=C1C([N+](=O)[O-])([N+](=O)[O-])[N+](=O)[O-]. The summed E-state index contributed by atoms with van der Waals surface area (Å²) < 4.78 is 0. The maximum absolute atomic E-state index is 10.6. The summed E-state index contributed by atoms with van der Waals surface area (Å²) in [6.07, 6.45) is 0. The van der Waals surface area contributed by atoms with Gasteiger partial charge in [0.2, 0.25) is 0 Å². The lowest BCUT2D eigenvalue weighted by molar-refractivity contribution is -0.945. The van der Waals surface area contributed by atoms with Crippen molar-refractivity contribution in [1.29, 1.82) is 0 Å². The zero-order chi connectivity index (χ0) is 13.2. The van der Waals surface area contributed by atoms with Crippen LogP contribution >= 0.6 is 0 Å². The lowest BCUT2D eigenvalue weighted by atomic mass is 10.3. The number of rotatable bonds is 5. The molecule has 0 radical (unpaired) electrons. The predicted octanol–water partition coefficient (Wildman–Crippen LogP) is -1.13. The minimum atomic E-state index is -3.90. The van der Waals surface area contributed by atoms with Crippen LogP contribution in [-0.4, -0.2) is 44.5 Å². The van der Waals surface area contributed by atoms with Crippen LogP contribution in [0.2, 0.25) is 0 Å². The quantitative estimate of drug-likeness (QED) is 0.254. The van der Waals surface area contributed by atoms with Crippen molar-refractivity contribution in [3.8, 4) is 0 Å². The molecule has 0 saturated heterocycles. The molecule has 0 atom stereocenters. The van der Waals surface area contributed by atoms with E-state index in [1.165, 1.54) is 0 Å². The molecule has 1 aliphatic heterocycles. The Morgan fingerprint density at radius 3 is 2.00 bits per heavy atom. The summed E-state index contributed by atoms with van der Waals surface area (Å²) in [4.78, 5) is 40.2. The van der Waals surface area contributed by atoms with Gasteiger partial charge in [0.05, 0.1) is 18.4 Å². The number of nitro groups is 3. The Kier molecular flexibility index (Phi) is 2.92. The van der Waals surface area contributed by atoms with Crippen molar-refractivity contribution in [2.75, 3.05) is 13.1 Å². The van der Waals surface area contributed by atoms with E-state index in [1.807, 2.05) is 0 Å². The average Bonchev–Trinajstić information content (AvgIpc) is 2.65. The van der Waals surface area contributed by atoms with Crippen LogP contribution in [0.5, 0.6) is 0 Å². The Labute approximate surface area is 91.1 Å². The molecule has 1 heterocycles. The van der Waals surface area contributed by atoms with Crippen LogP contribution in [0.1, 0.15) is 0 Å². The molecule has 0 unspecified atom stereocenters. The lowest BCUT2D eigenvalue weighted by Crippen LogP contribution is -2.62. The molecular weight excluding hydrogens is 244 g/mol. The molecule has 1 rings (SSSR count). The molecule has 0 bridgehead atoms. The zero-order valence-corrected chi connectivity index (χ0v) is 7.96. The van der Waals surface area contributed by atoms with Gasteiger partial charge >= 0.3 is 11.6 Å². The third-order valence-corrected chi connectivity index (χ3v) is 1.98. The van der Waals surface area contributed by atoms with Crippen molar-refractivity contribution < 1.29 is 14.8 Å². The van der Waals surface area contributed by atoms with Gasteiger partial charge in [-0.3, -0.25) is 30.3 Å². The van der Waals surface area contributed by atoms with Gasteiger partial charge in [0.15, 0.2) is 14.8 Å². The highest BCUT2D eigenvalue weighted by atomic mass is 16.7. The van der Waals surface area contributed by atoms with Crippen LogP contribution in [0.15, 0.2) is 10.3 Å². The third-order valence-electron chi connectivity index (χ3n) is 1.98. The third kappa shape index (κ3) is 1.52. The highest BCUT2D eigenvalue weighted by molar-refractivity contribution is 5.88.